The van der Waals surface area contributed by atoms with E-state index in [2.05, 4.69) is 32.6 Å². The van der Waals surface area contributed by atoms with Gasteiger partial charge in [0.2, 0.25) is 0 Å². The molecule has 1 saturated carbocycles. The molecule has 2 rings (SSSR count). The summed E-state index contributed by atoms with van der Waals surface area (Å²) < 4.78 is 0. The van der Waals surface area contributed by atoms with E-state index in [0.717, 1.165) is 30.5 Å². The Bertz CT molecular complexity index is 287. The van der Waals surface area contributed by atoms with E-state index in [0.29, 0.717) is 5.41 Å². The van der Waals surface area contributed by atoms with Crippen LogP contribution in [0.4, 0.5) is 0 Å². The molecule has 2 nitrogen and oxygen atoms in total. The molecule has 19 heavy (non-hydrogen) atoms. The molecule has 1 heterocycles. The Morgan fingerprint density at radius 3 is 2.47 bits per heavy atom. The maximum absolute atomic E-state index is 6.07. The highest BCUT2D eigenvalue weighted by Crippen LogP contribution is 2.44. The van der Waals surface area contributed by atoms with Crippen molar-refractivity contribution in [3.05, 3.63) is 0 Å². The van der Waals surface area contributed by atoms with Gasteiger partial charge in [0, 0.05) is 12.1 Å². The van der Waals surface area contributed by atoms with E-state index in [-0.39, 0.29) is 0 Å². The molecule has 4 unspecified atom stereocenters. The molecular formula is C17H34N2. The highest BCUT2D eigenvalue weighted by atomic mass is 15.2. The average molecular weight is 266 g/mol. The lowest BCUT2D eigenvalue weighted by molar-refractivity contribution is 0.0343. The molecule has 1 aliphatic heterocycles. The van der Waals surface area contributed by atoms with Crippen LogP contribution in [0.1, 0.15) is 66.2 Å². The molecular weight excluding hydrogens is 232 g/mol. The van der Waals surface area contributed by atoms with Gasteiger partial charge in [0.05, 0.1) is 0 Å². The van der Waals surface area contributed by atoms with Gasteiger partial charge in [-0.15, -0.1) is 0 Å². The summed E-state index contributed by atoms with van der Waals surface area (Å²) in [5.41, 5.74) is 6.57. The number of hydrogen-bond acceptors (Lipinski definition) is 2. The summed E-state index contributed by atoms with van der Waals surface area (Å²) in [5.74, 6) is 1.63. The van der Waals surface area contributed by atoms with Gasteiger partial charge in [-0.3, -0.25) is 4.90 Å². The SMILES string of the molecule is CCC(C)(C)C1CCC(CN)C(N2CCCC2C)C1. The average Bonchev–Trinajstić information content (AvgIpc) is 2.84. The van der Waals surface area contributed by atoms with E-state index >= 15 is 0 Å². The van der Waals surface area contributed by atoms with E-state index < -0.39 is 0 Å². The molecule has 1 saturated heterocycles. The second-order valence-corrected chi connectivity index (χ2v) is 7.64. The number of rotatable bonds is 4. The van der Waals surface area contributed by atoms with Crippen LogP contribution < -0.4 is 5.73 Å². The van der Waals surface area contributed by atoms with Crippen molar-refractivity contribution in [2.24, 2.45) is 23.0 Å². The molecule has 0 amide bonds. The molecule has 0 aromatic heterocycles. The van der Waals surface area contributed by atoms with Gasteiger partial charge in [0.15, 0.2) is 0 Å². The van der Waals surface area contributed by atoms with Crippen LogP contribution in [0.2, 0.25) is 0 Å². The predicted octanol–water partition coefficient (Wildman–Crippen LogP) is 3.65. The number of likely N-dealkylation sites (tertiary alicyclic amines) is 1. The summed E-state index contributed by atoms with van der Waals surface area (Å²) in [6.45, 7) is 11.9. The summed E-state index contributed by atoms with van der Waals surface area (Å²) in [7, 11) is 0. The van der Waals surface area contributed by atoms with Crippen LogP contribution >= 0.6 is 0 Å². The summed E-state index contributed by atoms with van der Waals surface area (Å²) in [6, 6.07) is 1.54. The Balaban J connectivity index is 2.09. The molecule has 2 aliphatic rings. The predicted molar refractivity (Wildman–Crippen MR) is 83.1 cm³/mol. The number of nitrogens with zero attached hydrogens (tertiary/aromatic N) is 1. The maximum atomic E-state index is 6.07. The van der Waals surface area contributed by atoms with E-state index in [1.54, 1.807) is 0 Å². The molecule has 2 heteroatoms. The summed E-state index contributed by atoms with van der Waals surface area (Å²) >= 11 is 0. The van der Waals surface area contributed by atoms with Gasteiger partial charge < -0.3 is 5.73 Å². The van der Waals surface area contributed by atoms with Gasteiger partial charge in [-0.05, 0) is 69.4 Å². The smallest absolute Gasteiger partial charge is 0.0141 e. The minimum atomic E-state index is 0.501. The third-order valence-corrected chi connectivity index (χ3v) is 6.31. The van der Waals surface area contributed by atoms with Gasteiger partial charge in [-0.25, -0.2) is 0 Å². The van der Waals surface area contributed by atoms with Crippen LogP contribution in [0.15, 0.2) is 0 Å². The second-order valence-electron chi connectivity index (χ2n) is 7.64. The highest BCUT2D eigenvalue weighted by molar-refractivity contribution is 4.94. The van der Waals surface area contributed by atoms with Crippen molar-refractivity contribution in [1.82, 2.24) is 4.90 Å². The zero-order valence-corrected chi connectivity index (χ0v) is 13.5. The largest absolute Gasteiger partial charge is 0.330 e. The van der Waals surface area contributed by atoms with Crippen LogP contribution in [0.5, 0.6) is 0 Å². The van der Waals surface area contributed by atoms with Gasteiger partial charge in [0.1, 0.15) is 0 Å². The number of hydrogen-bond donors (Lipinski definition) is 1. The molecule has 1 aliphatic carbocycles. The first-order chi connectivity index (χ1) is 8.99. The fraction of sp³-hybridized carbons (Fsp3) is 1.00. The Hall–Kier alpha value is -0.0800. The quantitative estimate of drug-likeness (QED) is 0.841. The molecule has 0 radical (unpaired) electrons. The molecule has 0 aromatic carbocycles. The zero-order chi connectivity index (χ0) is 14.0. The van der Waals surface area contributed by atoms with Crippen LogP contribution in [0.25, 0.3) is 0 Å². The van der Waals surface area contributed by atoms with Gasteiger partial charge in [-0.1, -0.05) is 27.2 Å². The molecule has 2 fully saturated rings. The first-order valence-corrected chi connectivity index (χ1v) is 8.45. The molecule has 0 bridgehead atoms. The summed E-state index contributed by atoms with van der Waals surface area (Å²) in [5, 5.41) is 0. The second kappa shape index (κ2) is 6.13. The van der Waals surface area contributed by atoms with E-state index in [1.165, 1.54) is 45.1 Å². The van der Waals surface area contributed by atoms with Gasteiger partial charge in [0.25, 0.3) is 0 Å². The summed E-state index contributed by atoms with van der Waals surface area (Å²) in [6.07, 6.45) is 8.19. The lowest BCUT2D eigenvalue weighted by Gasteiger charge is -2.47. The minimum absolute atomic E-state index is 0.501. The lowest BCUT2D eigenvalue weighted by atomic mass is 9.65. The van der Waals surface area contributed by atoms with Crippen molar-refractivity contribution < 1.29 is 0 Å². The van der Waals surface area contributed by atoms with Crippen LogP contribution in [-0.4, -0.2) is 30.1 Å². The zero-order valence-electron chi connectivity index (χ0n) is 13.5. The van der Waals surface area contributed by atoms with Crippen molar-refractivity contribution in [1.29, 1.82) is 0 Å². The highest BCUT2D eigenvalue weighted by Gasteiger charge is 2.41. The van der Waals surface area contributed by atoms with Gasteiger partial charge in [-0.2, -0.15) is 0 Å². The molecule has 0 spiro atoms. The molecule has 0 aromatic rings. The standard InChI is InChI=1S/C17H34N2/c1-5-17(3,4)15-9-8-14(12-18)16(11-15)19-10-6-7-13(19)2/h13-16H,5-12,18H2,1-4H3. The van der Waals surface area contributed by atoms with E-state index in [1.807, 2.05) is 0 Å². The minimum Gasteiger partial charge on any atom is -0.330 e. The number of nitrogens with two attached hydrogens (primary N) is 1. The van der Waals surface area contributed by atoms with E-state index in [9.17, 15) is 0 Å². The Labute approximate surface area is 120 Å². The monoisotopic (exact) mass is 266 g/mol. The maximum Gasteiger partial charge on any atom is 0.0141 e. The van der Waals surface area contributed by atoms with Crippen molar-refractivity contribution in [2.75, 3.05) is 13.1 Å². The van der Waals surface area contributed by atoms with E-state index in [4.69, 9.17) is 5.73 Å². The van der Waals surface area contributed by atoms with Crippen LogP contribution in [-0.2, 0) is 0 Å². The van der Waals surface area contributed by atoms with Gasteiger partial charge >= 0.3 is 0 Å². The Kier molecular flexibility index (Phi) is 4.94. The molecule has 4 atom stereocenters. The van der Waals surface area contributed by atoms with Crippen molar-refractivity contribution in [2.45, 2.75) is 78.3 Å². The first kappa shape index (κ1) is 15.3. The van der Waals surface area contributed by atoms with Crippen LogP contribution in [0, 0.1) is 17.3 Å². The third kappa shape index (κ3) is 3.16. The fourth-order valence-corrected chi connectivity index (χ4v) is 4.34. The fourth-order valence-electron chi connectivity index (χ4n) is 4.34. The first-order valence-electron chi connectivity index (χ1n) is 8.45. The van der Waals surface area contributed by atoms with Crippen molar-refractivity contribution in [3.8, 4) is 0 Å². The lowest BCUT2D eigenvalue weighted by Crippen LogP contribution is -2.49. The van der Waals surface area contributed by atoms with Crippen LogP contribution in [0.3, 0.4) is 0 Å². The van der Waals surface area contributed by atoms with Crippen molar-refractivity contribution in [3.63, 3.8) is 0 Å². The normalized spacial score (nSPS) is 37.7. The van der Waals surface area contributed by atoms with Crippen molar-refractivity contribution >= 4 is 0 Å². The molecule has 2 N–H and O–H groups in total. The third-order valence-electron chi connectivity index (χ3n) is 6.31. The Morgan fingerprint density at radius 1 is 1.21 bits per heavy atom. The topological polar surface area (TPSA) is 29.3 Å². The summed E-state index contributed by atoms with van der Waals surface area (Å²) in [4.78, 5) is 2.79. The Morgan fingerprint density at radius 2 is 1.95 bits per heavy atom. The molecule has 112 valence electrons.